The van der Waals surface area contributed by atoms with E-state index >= 15 is 0 Å². The van der Waals surface area contributed by atoms with E-state index in [9.17, 15) is 0 Å². The van der Waals surface area contributed by atoms with E-state index in [4.69, 9.17) is 5.73 Å². The van der Waals surface area contributed by atoms with Crippen LogP contribution in [0.4, 0.5) is 0 Å². The van der Waals surface area contributed by atoms with Gasteiger partial charge in [-0.05, 0) is 17.8 Å². The summed E-state index contributed by atoms with van der Waals surface area (Å²) < 4.78 is 0. The molecule has 0 saturated heterocycles. The molecule has 8 heavy (non-hydrogen) atoms. The second-order valence-corrected chi connectivity index (χ2v) is 1.52. The fourth-order valence-corrected chi connectivity index (χ4v) is 0.496. The molecule has 0 fully saturated rings. The molecule has 0 bridgehead atoms. The summed E-state index contributed by atoms with van der Waals surface area (Å²) in [5, 5.41) is 0. The van der Waals surface area contributed by atoms with E-state index in [1.807, 2.05) is 6.08 Å². The van der Waals surface area contributed by atoms with Gasteiger partial charge in [0.1, 0.15) is 0 Å². The summed E-state index contributed by atoms with van der Waals surface area (Å²) in [6.07, 6.45) is 8.64. The fourth-order valence-electron chi connectivity index (χ4n) is 0.496. The molecule has 1 rings (SSSR count). The van der Waals surface area contributed by atoms with Crippen LogP contribution in [-0.4, -0.2) is 6.21 Å². The van der Waals surface area contributed by atoms with Crippen molar-refractivity contribution >= 4 is 6.21 Å². The van der Waals surface area contributed by atoms with Gasteiger partial charge in [-0.2, -0.15) is 0 Å². The zero-order chi connectivity index (χ0) is 5.82. The molecule has 0 atom stereocenters. The van der Waals surface area contributed by atoms with E-state index in [1.54, 1.807) is 12.4 Å². The summed E-state index contributed by atoms with van der Waals surface area (Å²) >= 11 is 0. The minimum Gasteiger partial charge on any atom is -0.404 e. The molecule has 2 N–H and O–H groups in total. The molecular weight excluding hydrogens is 100 g/mol. The third-order valence-electron chi connectivity index (χ3n) is 0.952. The molecule has 0 aromatic heterocycles. The van der Waals surface area contributed by atoms with Crippen LogP contribution in [0, 0.1) is 0 Å². The molecule has 0 spiro atoms. The molecule has 0 aliphatic carbocycles. The van der Waals surface area contributed by atoms with E-state index in [0.29, 0.717) is 0 Å². The van der Waals surface area contributed by atoms with Crippen LogP contribution < -0.4 is 5.73 Å². The maximum Gasteiger partial charge on any atom is 0.0665 e. The van der Waals surface area contributed by atoms with E-state index in [1.165, 1.54) is 0 Å². The molecule has 1 heterocycles. The van der Waals surface area contributed by atoms with E-state index in [-0.39, 0.29) is 0 Å². The Morgan fingerprint density at radius 1 is 1.88 bits per heavy atom. The minimum atomic E-state index is 0.743. The highest BCUT2D eigenvalue weighted by Crippen LogP contribution is 2.02. The Kier molecular flexibility index (Phi) is 1.47. The van der Waals surface area contributed by atoms with Gasteiger partial charge < -0.3 is 5.73 Å². The van der Waals surface area contributed by atoms with Gasteiger partial charge in [0.2, 0.25) is 0 Å². The number of hydrogen-bond donors (Lipinski definition) is 1. The van der Waals surface area contributed by atoms with Crippen molar-refractivity contribution in [2.24, 2.45) is 10.7 Å². The van der Waals surface area contributed by atoms with E-state index in [2.05, 4.69) is 11.2 Å². The highest BCUT2D eigenvalue weighted by atomic mass is 14.7. The van der Waals surface area contributed by atoms with Crippen molar-refractivity contribution < 1.29 is 0 Å². The third kappa shape index (κ3) is 0.964. The first-order valence-corrected chi connectivity index (χ1v) is 2.43. The molecule has 0 aromatic rings. The average molecular weight is 107 g/mol. The summed E-state index contributed by atoms with van der Waals surface area (Å²) in [6.45, 7) is 0. The highest BCUT2D eigenvalue weighted by molar-refractivity contribution is 5.65. The van der Waals surface area contributed by atoms with Crippen molar-refractivity contribution in [2.45, 2.75) is 6.42 Å². The number of aliphatic imine (C=N–C) groups is 1. The third-order valence-corrected chi connectivity index (χ3v) is 0.952. The Labute approximate surface area is 48.4 Å². The van der Waals surface area contributed by atoms with Gasteiger partial charge in [0.05, 0.1) is 6.21 Å². The zero-order valence-electron chi connectivity index (χ0n) is 4.46. The summed E-state index contributed by atoms with van der Waals surface area (Å²) in [4.78, 5) is 3.75. The Bertz CT molecular complexity index is 154. The average Bonchev–Trinajstić information content (AvgIpc) is 1.90. The van der Waals surface area contributed by atoms with Crippen molar-refractivity contribution in [3.05, 3.63) is 24.0 Å². The summed E-state index contributed by atoms with van der Waals surface area (Å²) in [5.74, 6) is 0. The summed E-state index contributed by atoms with van der Waals surface area (Å²) in [7, 11) is 0. The van der Waals surface area contributed by atoms with Crippen LogP contribution in [0.3, 0.4) is 0 Å². The predicted molar refractivity (Wildman–Crippen MR) is 33.5 cm³/mol. The van der Waals surface area contributed by atoms with Gasteiger partial charge in [-0.3, -0.25) is 4.99 Å². The van der Waals surface area contributed by atoms with Crippen LogP contribution >= 0.6 is 0 Å². The van der Waals surface area contributed by atoms with Crippen molar-refractivity contribution in [3.63, 3.8) is 0 Å². The lowest BCUT2D eigenvalue weighted by molar-refractivity contribution is 1.28. The SMILES string of the molecule is NC=C1C=CN=[C]C1. The lowest BCUT2D eigenvalue weighted by Crippen LogP contribution is -1.89. The monoisotopic (exact) mass is 107 g/mol. The molecule has 0 unspecified atom stereocenters. The summed E-state index contributed by atoms with van der Waals surface area (Å²) in [5.41, 5.74) is 6.28. The van der Waals surface area contributed by atoms with E-state index < -0.39 is 0 Å². The predicted octanol–water partition coefficient (Wildman–Crippen LogP) is 0.694. The first-order valence-electron chi connectivity index (χ1n) is 2.43. The molecule has 1 aliphatic rings. The number of hydrogen-bond acceptors (Lipinski definition) is 2. The molecule has 1 radical (unpaired) electrons. The zero-order valence-corrected chi connectivity index (χ0v) is 4.46. The second-order valence-electron chi connectivity index (χ2n) is 1.52. The van der Waals surface area contributed by atoms with Crippen LogP contribution in [0.2, 0.25) is 0 Å². The standard InChI is InChI=1S/C6H7N2/c7-5-6-1-3-8-4-2-6/h1,3,5H,2,7H2. The largest absolute Gasteiger partial charge is 0.404 e. The van der Waals surface area contributed by atoms with Crippen molar-refractivity contribution in [2.75, 3.05) is 0 Å². The molecule has 0 aromatic carbocycles. The normalized spacial score (nSPS) is 22.2. The highest BCUT2D eigenvalue weighted by Gasteiger charge is 1.90. The molecule has 0 amide bonds. The Morgan fingerprint density at radius 3 is 3.12 bits per heavy atom. The van der Waals surface area contributed by atoms with Crippen LogP contribution in [0.15, 0.2) is 29.0 Å². The number of rotatable bonds is 0. The second kappa shape index (κ2) is 2.31. The smallest absolute Gasteiger partial charge is 0.0665 e. The Balaban J connectivity index is 2.66. The number of nitrogens with zero attached hydrogens (tertiary/aromatic N) is 1. The lowest BCUT2D eigenvalue weighted by atomic mass is 10.2. The van der Waals surface area contributed by atoms with Crippen molar-refractivity contribution in [1.29, 1.82) is 0 Å². The lowest BCUT2D eigenvalue weighted by Gasteiger charge is -1.95. The Hall–Kier alpha value is -1.05. The van der Waals surface area contributed by atoms with Gasteiger partial charge in [-0.1, -0.05) is 0 Å². The van der Waals surface area contributed by atoms with Gasteiger partial charge in [0.15, 0.2) is 0 Å². The van der Waals surface area contributed by atoms with Crippen LogP contribution in [0.5, 0.6) is 0 Å². The molecular formula is C6H7N2. The maximum absolute atomic E-state index is 5.21. The molecule has 1 aliphatic heterocycles. The quantitative estimate of drug-likeness (QED) is 0.486. The first kappa shape index (κ1) is 5.09. The number of allylic oxidation sites excluding steroid dienone is 2. The van der Waals surface area contributed by atoms with Crippen LogP contribution in [0.1, 0.15) is 6.42 Å². The van der Waals surface area contributed by atoms with Crippen LogP contribution in [0.25, 0.3) is 0 Å². The van der Waals surface area contributed by atoms with Gasteiger partial charge in [0, 0.05) is 12.6 Å². The van der Waals surface area contributed by atoms with Gasteiger partial charge in [-0.25, -0.2) is 0 Å². The number of nitrogens with two attached hydrogens (primary N) is 1. The van der Waals surface area contributed by atoms with Gasteiger partial charge in [0.25, 0.3) is 0 Å². The van der Waals surface area contributed by atoms with Crippen molar-refractivity contribution in [1.82, 2.24) is 0 Å². The maximum atomic E-state index is 5.21. The molecule has 2 nitrogen and oxygen atoms in total. The molecule has 2 heteroatoms. The van der Waals surface area contributed by atoms with Gasteiger partial charge in [-0.15, -0.1) is 0 Å². The van der Waals surface area contributed by atoms with Gasteiger partial charge >= 0.3 is 0 Å². The topological polar surface area (TPSA) is 38.4 Å². The van der Waals surface area contributed by atoms with Crippen molar-refractivity contribution in [3.8, 4) is 0 Å². The molecule has 41 valence electrons. The van der Waals surface area contributed by atoms with E-state index in [0.717, 1.165) is 12.0 Å². The first-order chi connectivity index (χ1) is 3.93. The Morgan fingerprint density at radius 2 is 2.75 bits per heavy atom. The summed E-state index contributed by atoms with van der Waals surface area (Å²) in [6, 6.07) is 0. The van der Waals surface area contributed by atoms with Crippen LogP contribution in [-0.2, 0) is 0 Å². The fraction of sp³-hybridized carbons (Fsp3) is 0.167. The minimum absolute atomic E-state index is 0.743. The molecule has 0 saturated carbocycles.